The van der Waals surface area contributed by atoms with Gasteiger partial charge >= 0.3 is 0 Å². The van der Waals surface area contributed by atoms with Crippen LogP contribution >= 0.6 is 11.3 Å². The van der Waals surface area contributed by atoms with Gasteiger partial charge in [0, 0.05) is 29.0 Å². The smallest absolute Gasteiger partial charge is 0.253 e. The molecule has 1 saturated carbocycles. The third kappa shape index (κ3) is 5.72. The zero-order valence-corrected chi connectivity index (χ0v) is 23.1. The number of nitrogens with zero attached hydrogens (tertiary/aromatic N) is 5. The SMILES string of the molecule is Cc1ccc2[nH]c(=O)c(C(c3nnnn3C3CCCCC3)N(CCc3ccccc3)Cc3cccs3)cc2c1. The fourth-order valence-electron chi connectivity index (χ4n) is 5.83. The molecule has 5 aromatic rings. The zero-order valence-electron chi connectivity index (χ0n) is 22.3. The predicted molar refractivity (Wildman–Crippen MR) is 156 cm³/mol. The van der Waals surface area contributed by atoms with E-state index in [4.69, 9.17) is 0 Å². The number of pyridine rings is 1. The Hall–Kier alpha value is -3.62. The van der Waals surface area contributed by atoms with Crippen LogP contribution in [-0.4, -0.2) is 36.6 Å². The van der Waals surface area contributed by atoms with Crippen molar-refractivity contribution in [1.29, 1.82) is 0 Å². The minimum Gasteiger partial charge on any atom is -0.322 e. The second-order valence-corrected chi connectivity index (χ2v) is 11.6. The lowest BCUT2D eigenvalue weighted by molar-refractivity contribution is 0.198. The number of thiophene rings is 1. The van der Waals surface area contributed by atoms with E-state index in [9.17, 15) is 4.79 Å². The van der Waals surface area contributed by atoms with Gasteiger partial charge in [0.25, 0.3) is 5.56 Å². The molecule has 39 heavy (non-hydrogen) atoms. The molecule has 1 fully saturated rings. The summed E-state index contributed by atoms with van der Waals surface area (Å²) in [6.45, 7) is 3.54. The summed E-state index contributed by atoms with van der Waals surface area (Å²) < 4.78 is 2.02. The van der Waals surface area contributed by atoms with Crippen LogP contribution in [-0.2, 0) is 13.0 Å². The molecular formula is C31H34N6OS. The number of benzene rings is 2. The molecule has 0 bridgehead atoms. The molecule has 0 saturated heterocycles. The van der Waals surface area contributed by atoms with Crippen molar-refractivity contribution in [2.45, 2.75) is 64.1 Å². The van der Waals surface area contributed by atoms with Gasteiger partial charge in [0.15, 0.2) is 5.82 Å². The maximum absolute atomic E-state index is 13.8. The summed E-state index contributed by atoms with van der Waals surface area (Å²) in [5.74, 6) is 0.754. The summed E-state index contributed by atoms with van der Waals surface area (Å²) in [7, 11) is 0. The van der Waals surface area contributed by atoms with E-state index in [0.717, 1.165) is 48.1 Å². The van der Waals surface area contributed by atoms with Gasteiger partial charge in [-0.1, -0.05) is 67.3 Å². The average Bonchev–Trinajstić information content (AvgIpc) is 3.66. The van der Waals surface area contributed by atoms with Crippen LogP contribution in [0.25, 0.3) is 10.9 Å². The first kappa shape index (κ1) is 25.6. The minimum atomic E-state index is -0.388. The Morgan fingerprint density at radius 1 is 1.05 bits per heavy atom. The number of tetrazole rings is 1. The molecule has 0 radical (unpaired) electrons. The Balaban J connectivity index is 1.49. The highest BCUT2D eigenvalue weighted by Gasteiger charge is 2.33. The van der Waals surface area contributed by atoms with Gasteiger partial charge < -0.3 is 4.98 Å². The molecule has 0 aliphatic heterocycles. The summed E-state index contributed by atoms with van der Waals surface area (Å²) in [6.07, 6.45) is 6.59. The van der Waals surface area contributed by atoms with Crippen LogP contribution in [0.2, 0.25) is 0 Å². The topological polar surface area (TPSA) is 79.7 Å². The fourth-order valence-corrected chi connectivity index (χ4v) is 6.56. The van der Waals surface area contributed by atoms with Crippen molar-refractivity contribution in [2.24, 2.45) is 0 Å². The van der Waals surface area contributed by atoms with Crippen LogP contribution in [0.4, 0.5) is 0 Å². The number of aromatic nitrogens is 5. The number of fused-ring (bicyclic) bond motifs is 1. The van der Waals surface area contributed by atoms with E-state index in [1.165, 1.54) is 29.7 Å². The third-order valence-electron chi connectivity index (χ3n) is 7.84. The van der Waals surface area contributed by atoms with E-state index in [0.29, 0.717) is 12.1 Å². The highest BCUT2D eigenvalue weighted by molar-refractivity contribution is 7.09. The van der Waals surface area contributed by atoms with Gasteiger partial charge in [0.2, 0.25) is 0 Å². The summed E-state index contributed by atoms with van der Waals surface area (Å²) in [5, 5.41) is 16.4. The predicted octanol–water partition coefficient (Wildman–Crippen LogP) is 6.22. The summed E-state index contributed by atoms with van der Waals surface area (Å²) >= 11 is 1.74. The van der Waals surface area contributed by atoms with Gasteiger partial charge in [-0.2, -0.15) is 0 Å². The van der Waals surface area contributed by atoms with Crippen LogP contribution in [0.15, 0.2) is 76.9 Å². The summed E-state index contributed by atoms with van der Waals surface area (Å²) in [6, 6.07) is 22.8. The molecule has 2 aromatic carbocycles. The summed E-state index contributed by atoms with van der Waals surface area (Å²) in [4.78, 5) is 20.6. The third-order valence-corrected chi connectivity index (χ3v) is 8.70. The molecule has 1 aliphatic rings. The second-order valence-electron chi connectivity index (χ2n) is 10.6. The largest absolute Gasteiger partial charge is 0.322 e. The Bertz CT molecular complexity index is 1570. The number of nitrogens with one attached hydrogen (secondary N) is 1. The number of rotatable bonds is 9. The lowest BCUT2D eigenvalue weighted by Crippen LogP contribution is -2.36. The highest BCUT2D eigenvalue weighted by Crippen LogP contribution is 2.34. The van der Waals surface area contributed by atoms with Gasteiger partial charge in [-0.15, -0.1) is 16.4 Å². The Kier molecular flexibility index (Phi) is 7.65. The average molecular weight is 539 g/mol. The zero-order chi connectivity index (χ0) is 26.6. The molecule has 1 N–H and O–H groups in total. The molecule has 200 valence electrons. The molecule has 3 aromatic heterocycles. The molecule has 1 atom stereocenters. The van der Waals surface area contributed by atoms with Gasteiger partial charge in [0.1, 0.15) is 6.04 Å². The van der Waals surface area contributed by atoms with Crippen LogP contribution in [0.1, 0.15) is 71.6 Å². The first-order valence-electron chi connectivity index (χ1n) is 13.9. The Morgan fingerprint density at radius 3 is 2.69 bits per heavy atom. The normalized spacial score (nSPS) is 15.2. The molecule has 7 nitrogen and oxygen atoms in total. The van der Waals surface area contributed by atoms with Gasteiger partial charge in [-0.3, -0.25) is 9.69 Å². The van der Waals surface area contributed by atoms with Crippen molar-refractivity contribution in [1.82, 2.24) is 30.1 Å². The monoisotopic (exact) mass is 538 g/mol. The van der Waals surface area contributed by atoms with Crippen LogP contribution in [0.3, 0.4) is 0 Å². The van der Waals surface area contributed by atoms with Crippen molar-refractivity contribution < 1.29 is 0 Å². The van der Waals surface area contributed by atoms with Crippen molar-refractivity contribution >= 4 is 22.2 Å². The van der Waals surface area contributed by atoms with Crippen LogP contribution in [0, 0.1) is 6.92 Å². The van der Waals surface area contributed by atoms with E-state index in [1.807, 2.05) is 22.9 Å². The number of aromatic amines is 1. The molecule has 8 heteroatoms. The van der Waals surface area contributed by atoms with E-state index < -0.39 is 0 Å². The molecule has 0 spiro atoms. The standard InChI is InChI=1S/C31H34N6OS/c1-22-14-15-28-24(19-22)20-27(31(38)32-28)29(30-33-34-35-37(30)25-11-6-3-7-12-25)36(21-26-13-8-18-39-26)17-16-23-9-4-2-5-10-23/h2,4-5,8-10,13-15,18-20,25,29H,3,6-7,11-12,16-17,21H2,1H3,(H,32,38). The lowest BCUT2D eigenvalue weighted by atomic mass is 9.95. The Labute approximate surface area is 232 Å². The van der Waals surface area contributed by atoms with Crippen molar-refractivity contribution in [2.75, 3.05) is 6.54 Å². The molecule has 0 amide bonds. The van der Waals surface area contributed by atoms with Crippen LogP contribution in [0.5, 0.6) is 0 Å². The molecule has 3 heterocycles. The van der Waals surface area contributed by atoms with Crippen molar-refractivity contribution in [3.05, 3.63) is 110 Å². The number of hydrogen-bond donors (Lipinski definition) is 1. The number of hydrogen-bond acceptors (Lipinski definition) is 6. The van der Waals surface area contributed by atoms with Crippen molar-refractivity contribution in [3.8, 4) is 0 Å². The quantitative estimate of drug-likeness (QED) is 0.241. The second kappa shape index (κ2) is 11.6. The number of aryl methyl sites for hydroxylation is 1. The van der Waals surface area contributed by atoms with E-state index in [1.54, 1.807) is 11.3 Å². The maximum atomic E-state index is 13.8. The number of H-pyrrole nitrogens is 1. The first-order valence-corrected chi connectivity index (χ1v) is 14.8. The molecular weight excluding hydrogens is 504 g/mol. The highest BCUT2D eigenvalue weighted by atomic mass is 32.1. The van der Waals surface area contributed by atoms with Crippen LogP contribution < -0.4 is 5.56 Å². The van der Waals surface area contributed by atoms with Gasteiger partial charge in [-0.25, -0.2) is 4.68 Å². The van der Waals surface area contributed by atoms with Crippen molar-refractivity contribution in [3.63, 3.8) is 0 Å². The molecule has 1 aliphatic carbocycles. The van der Waals surface area contributed by atoms with E-state index >= 15 is 0 Å². The summed E-state index contributed by atoms with van der Waals surface area (Å²) in [5.41, 5.74) is 3.86. The minimum absolute atomic E-state index is 0.0922. The maximum Gasteiger partial charge on any atom is 0.253 e. The lowest BCUT2D eigenvalue weighted by Gasteiger charge is -2.32. The van der Waals surface area contributed by atoms with E-state index in [2.05, 4.69) is 86.2 Å². The Morgan fingerprint density at radius 2 is 1.90 bits per heavy atom. The molecule has 1 unspecified atom stereocenters. The van der Waals surface area contributed by atoms with Gasteiger partial charge in [-0.05, 0) is 77.2 Å². The van der Waals surface area contributed by atoms with E-state index in [-0.39, 0.29) is 17.6 Å². The first-order chi connectivity index (χ1) is 19.2. The fraction of sp³-hybridized carbons (Fsp3) is 0.355. The van der Waals surface area contributed by atoms with Gasteiger partial charge in [0.05, 0.1) is 6.04 Å². The molecule has 6 rings (SSSR count).